The van der Waals surface area contributed by atoms with Gasteiger partial charge in [0.15, 0.2) is 0 Å². The lowest BCUT2D eigenvalue weighted by molar-refractivity contribution is -0.117. The molecule has 2 aliphatic heterocycles. The molecule has 5 heteroatoms. The van der Waals surface area contributed by atoms with Crippen LogP contribution in [0.4, 0.5) is 5.69 Å². The van der Waals surface area contributed by atoms with E-state index in [9.17, 15) is 9.59 Å². The highest BCUT2D eigenvalue weighted by molar-refractivity contribution is 5.99. The van der Waals surface area contributed by atoms with Crippen molar-refractivity contribution in [2.24, 2.45) is 0 Å². The number of nitrogens with zero attached hydrogens (tertiary/aromatic N) is 2. The van der Waals surface area contributed by atoms with E-state index in [-0.39, 0.29) is 11.8 Å². The predicted molar refractivity (Wildman–Crippen MR) is 104 cm³/mol. The molecule has 5 nitrogen and oxygen atoms in total. The van der Waals surface area contributed by atoms with Crippen molar-refractivity contribution in [1.29, 1.82) is 0 Å². The quantitative estimate of drug-likeness (QED) is 0.763. The molecule has 2 aliphatic rings. The number of rotatable bonds is 7. The number of benzene rings is 1. The standard InChI is InChI=1S/C21H31N3O2/c1-2-18-9-3-4-13-23(18)14-7-12-22-21(26)17-8-5-10-19(16-17)24-15-6-11-20(24)25/h5,8,10,16,18H,2-4,6-7,9,11-15H2,1H3,(H,22,26)/t18-/m1/s1. The zero-order valence-electron chi connectivity index (χ0n) is 15.9. The third-order valence-corrected chi connectivity index (χ3v) is 5.62. The first-order valence-corrected chi connectivity index (χ1v) is 10.1. The van der Waals surface area contributed by atoms with Crippen molar-refractivity contribution in [3.8, 4) is 0 Å². The minimum atomic E-state index is -0.0517. The normalized spacial score (nSPS) is 21.2. The number of hydrogen-bond acceptors (Lipinski definition) is 3. The molecule has 2 amide bonds. The lowest BCUT2D eigenvalue weighted by atomic mass is 10.00. The van der Waals surface area contributed by atoms with E-state index >= 15 is 0 Å². The Morgan fingerprint density at radius 2 is 2.12 bits per heavy atom. The molecule has 0 bridgehead atoms. The zero-order chi connectivity index (χ0) is 18.4. The van der Waals surface area contributed by atoms with Crippen molar-refractivity contribution in [2.45, 2.75) is 57.9 Å². The lowest BCUT2D eigenvalue weighted by Crippen LogP contribution is -2.40. The van der Waals surface area contributed by atoms with Gasteiger partial charge in [-0.3, -0.25) is 9.59 Å². The second-order valence-electron chi connectivity index (χ2n) is 7.40. The number of likely N-dealkylation sites (tertiary alicyclic amines) is 1. The minimum absolute atomic E-state index is 0.0517. The van der Waals surface area contributed by atoms with Crippen molar-refractivity contribution in [3.05, 3.63) is 29.8 Å². The third kappa shape index (κ3) is 4.64. The average Bonchev–Trinajstić information content (AvgIpc) is 3.11. The molecule has 2 fully saturated rings. The highest BCUT2D eigenvalue weighted by Crippen LogP contribution is 2.22. The SMILES string of the molecule is CC[C@@H]1CCCCN1CCCNC(=O)c1cccc(N2CCCC2=O)c1. The Kier molecular flexibility index (Phi) is 6.67. The van der Waals surface area contributed by atoms with Gasteiger partial charge in [0.25, 0.3) is 5.91 Å². The molecule has 1 aromatic carbocycles. The maximum absolute atomic E-state index is 12.4. The zero-order valence-corrected chi connectivity index (χ0v) is 15.9. The highest BCUT2D eigenvalue weighted by atomic mass is 16.2. The smallest absolute Gasteiger partial charge is 0.251 e. The van der Waals surface area contributed by atoms with Crippen molar-refractivity contribution in [3.63, 3.8) is 0 Å². The van der Waals surface area contributed by atoms with Crippen LogP contribution in [0.25, 0.3) is 0 Å². The summed E-state index contributed by atoms with van der Waals surface area (Å²) in [5.41, 5.74) is 1.46. The van der Waals surface area contributed by atoms with E-state index in [4.69, 9.17) is 0 Å². The Balaban J connectivity index is 1.47. The van der Waals surface area contributed by atoms with Gasteiger partial charge in [-0.05, 0) is 56.8 Å². The number of amides is 2. The number of nitrogens with one attached hydrogen (secondary N) is 1. The Hall–Kier alpha value is -1.88. The number of carbonyl (C=O) groups excluding carboxylic acids is 2. The van der Waals surface area contributed by atoms with Gasteiger partial charge in [0.2, 0.25) is 5.91 Å². The summed E-state index contributed by atoms with van der Waals surface area (Å²) < 4.78 is 0. The molecule has 142 valence electrons. The Morgan fingerprint density at radius 3 is 2.88 bits per heavy atom. The van der Waals surface area contributed by atoms with Gasteiger partial charge in [-0.2, -0.15) is 0 Å². The van der Waals surface area contributed by atoms with Crippen LogP contribution >= 0.6 is 0 Å². The molecule has 26 heavy (non-hydrogen) atoms. The Bertz CT molecular complexity index is 631. The summed E-state index contributed by atoms with van der Waals surface area (Å²) in [4.78, 5) is 28.7. The number of anilines is 1. The molecule has 0 aliphatic carbocycles. The summed E-state index contributed by atoms with van der Waals surface area (Å²) in [7, 11) is 0. The van der Waals surface area contributed by atoms with Crippen LogP contribution in [-0.4, -0.2) is 48.9 Å². The first-order chi connectivity index (χ1) is 12.7. The van der Waals surface area contributed by atoms with E-state index < -0.39 is 0 Å². The fourth-order valence-corrected chi connectivity index (χ4v) is 4.14. The summed E-state index contributed by atoms with van der Waals surface area (Å²) in [5.74, 6) is 0.0961. The van der Waals surface area contributed by atoms with Gasteiger partial charge in [-0.15, -0.1) is 0 Å². The van der Waals surface area contributed by atoms with Crippen LogP contribution in [0.5, 0.6) is 0 Å². The molecule has 3 rings (SSSR count). The first-order valence-electron chi connectivity index (χ1n) is 10.1. The molecular formula is C21H31N3O2. The van der Waals surface area contributed by atoms with Gasteiger partial charge in [0.05, 0.1) is 0 Å². The maximum Gasteiger partial charge on any atom is 0.251 e. The summed E-state index contributed by atoms with van der Waals surface area (Å²) in [6, 6.07) is 8.12. The van der Waals surface area contributed by atoms with Crippen molar-refractivity contribution >= 4 is 17.5 Å². The van der Waals surface area contributed by atoms with Crippen LogP contribution in [0.2, 0.25) is 0 Å². The molecule has 0 aromatic heterocycles. The van der Waals surface area contributed by atoms with E-state index in [1.807, 2.05) is 24.3 Å². The summed E-state index contributed by atoms with van der Waals surface area (Å²) in [6.45, 7) is 5.96. The fraction of sp³-hybridized carbons (Fsp3) is 0.619. The Labute approximate surface area is 156 Å². The van der Waals surface area contributed by atoms with Crippen LogP contribution < -0.4 is 10.2 Å². The van der Waals surface area contributed by atoms with Crippen LogP contribution in [0.15, 0.2) is 24.3 Å². The highest BCUT2D eigenvalue weighted by Gasteiger charge is 2.22. The minimum Gasteiger partial charge on any atom is -0.352 e. The van der Waals surface area contributed by atoms with E-state index in [1.54, 1.807) is 4.90 Å². The van der Waals surface area contributed by atoms with Gasteiger partial charge in [-0.25, -0.2) is 0 Å². The fourth-order valence-electron chi connectivity index (χ4n) is 4.14. The lowest BCUT2D eigenvalue weighted by Gasteiger charge is -2.35. The molecule has 0 radical (unpaired) electrons. The Morgan fingerprint density at radius 1 is 1.23 bits per heavy atom. The van der Waals surface area contributed by atoms with Gasteiger partial charge in [-0.1, -0.05) is 19.4 Å². The van der Waals surface area contributed by atoms with Gasteiger partial charge >= 0.3 is 0 Å². The van der Waals surface area contributed by atoms with Crippen LogP contribution in [0.1, 0.15) is 62.2 Å². The molecule has 1 atom stereocenters. The summed E-state index contributed by atoms with van der Waals surface area (Å²) >= 11 is 0. The molecule has 0 unspecified atom stereocenters. The number of carbonyl (C=O) groups is 2. The number of piperidine rings is 1. The molecule has 2 heterocycles. The average molecular weight is 357 g/mol. The molecule has 0 spiro atoms. The second-order valence-corrected chi connectivity index (χ2v) is 7.40. The van der Waals surface area contributed by atoms with E-state index in [0.717, 1.165) is 31.6 Å². The topological polar surface area (TPSA) is 52.7 Å². The van der Waals surface area contributed by atoms with Gasteiger partial charge in [0, 0.05) is 43.3 Å². The van der Waals surface area contributed by atoms with Crippen molar-refractivity contribution in [2.75, 3.05) is 31.1 Å². The predicted octanol–water partition coefficient (Wildman–Crippen LogP) is 3.20. The first kappa shape index (κ1) is 18.9. The number of hydrogen-bond donors (Lipinski definition) is 1. The molecule has 0 saturated carbocycles. The van der Waals surface area contributed by atoms with Crippen molar-refractivity contribution in [1.82, 2.24) is 10.2 Å². The van der Waals surface area contributed by atoms with E-state index in [0.29, 0.717) is 24.6 Å². The van der Waals surface area contributed by atoms with Crippen LogP contribution in [0, 0.1) is 0 Å². The largest absolute Gasteiger partial charge is 0.352 e. The second kappa shape index (κ2) is 9.17. The third-order valence-electron chi connectivity index (χ3n) is 5.62. The molecule has 1 aromatic rings. The maximum atomic E-state index is 12.4. The van der Waals surface area contributed by atoms with Crippen LogP contribution in [0.3, 0.4) is 0 Å². The monoisotopic (exact) mass is 357 g/mol. The molecule has 1 N–H and O–H groups in total. The van der Waals surface area contributed by atoms with Gasteiger partial charge in [0.1, 0.15) is 0 Å². The summed E-state index contributed by atoms with van der Waals surface area (Å²) in [6.07, 6.45) is 7.65. The summed E-state index contributed by atoms with van der Waals surface area (Å²) in [5, 5.41) is 3.03. The molecular weight excluding hydrogens is 326 g/mol. The van der Waals surface area contributed by atoms with Crippen LogP contribution in [-0.2, 0) is 4.79 Å². The van der Waals surface area contributed by atoms with E-state index in [2.05, 4.69) is 17.1 Å². The van der Waals surface area contributed by atoms with Gasteiger partial charge < -0.3 is 15.1 Å². The van der Waals surface area contributed by atoms with Crippen molar-refractivity contribution < 1.29 is 9.59 Å². The molecule has 2 saturated heterocycles. The van der Waals surface area contributed by atoms with E-state index in [1.165, 1.54) is 32.2 Å².